The van der Waals surface area contributed by atoms with E-state index in [1.807, 2.05) is 11.3 Å². The third-order valence-electron chi connectivity index (χ3n) is 3.92. The third-order valence-corrected chi connectivity index (χ3v) is 5.20. The van der Waals surface area contributed by atoms with Gasteiger partial charge >= 0.3 is 0 Å². The van der Waals surface area contributed by atoms with Gasteiger partial charge in [0.05, 0.1) is 0 Å². The first-order valence-electron chi connectivity index (χ1n) is 7.97. The second kappa shape index (κ2) is 9.55. The molecule has 0 spiro atoms. The van der Waals surface area contributed by atoms with Crippen LogP contribution in [0.15, 0.2) is 6.07 Å². The molecule has 1 rings (SSSR count). The monoisotopic (exact) mass is 281 g/mol. The average Bonchev–Trinajstić information content (AvgIpc) is 2.73. The predicted octanol–water partition coefficient (Wildman–Crippen LogP) is 5.90. The molecule has 1 atom stereocenters. The minimum absolute atomic E-state index is 0.262. The van der Waals surface area contributed by atoms with Gasteiger partial charge in [0.25, 0.3) is 0 Å². The van der Waals surface area contributed by atoms with Crippen molar-refractivity contribution in [2.75, 3.05) is 0 Å². The van der Waals surface area contributed by atoms with Crippen molar-refractivity contribution in [2.45, 2.75) is 84.6 Å². The van der Waals surface area contributed by atoms with Gasteiger partial charge in [-0.15, -0.1) is 11.3 Å². The molecule has 2 heteroatoms. The minimum atomic E-state index is 0.262. The van der Waals surface area contributed by atoms with Gasteiger partial charge in [0.2, 0.25) is 0 Å². The Labute approximate surface area is 123 Å². The number of thiophene rings is 1. The maximum Gasteiger partial charge on any atom is 0.0389 e. The first kappa shape index (κ1) is 16.7. The minimum Gasteiger partial charge on any atom is -0.323 e. The summed E-state index contributed by atoms with van der Waals surface area (Å²) in [4.78, 5) is 2.79. The maximum absolute atomic E-state index is 6.27. The van der Waals surface area contributed by atoms with E-state index in [2.05, 4.69) is 26.8 Å². The van der Waals surface area contributed by atoms with Crippen molar-refractivity contribution in [2.24, 2.45) is 5.73 Å². The third kappa shape index (κ3) is 6.58. The van der Waals surface area contributed by atoms with Gasteiger partial charge in [0.15, 0.2) is 0 Å². The molecular weight excluding hydrogens is 250 g/mol. The number of rotatable bonds is 10. The van der Waals surface area contributed by atoms with Crippen molar-refractivity contribution < 1.29 is 0 Å². The number of hydrogen-bond acceptors (Lipinski definition) is 2. The van der Waals surface area contributed by atoms with Crippen LogP contribution in [0.25, 0.3) is 0 Å². The number of unbranched alkanes of at least 4 members (excludes halogenated alkanes) is 7. The van der Waals surface area contributed by atoms with Crippen LogP contribution in [0.2, 0.25) is 0 Å². The van der Waals surface area contributed by atoms with Crippen LogP contribution in [-0.2, 0) is 0 Å². The lowest BCUT2D eigenvalue weighted by atomic mass is 10.0. The van der Waals surface area contributed by atoms with Gasteiger partial charge in [0, 0.05) is 15.8 Å². The highest BCUT2D eigenvalue weighted by atomic mass is 32.1. The molecule has 0 aromatic carbocycles. The summed E-state index contributed by atoms with van der Waals surface area (Å²) in [6.07, 6.45) is 12.2. The zero-order chi connectivity index (χ0) is 14.1. The van der Waals surface area contributed by atoms with Crippen LogP contribution in [0.3, 0.4) is 0 Å². The summed E-state index contributed by atoms with van der Waals surface area (Å²) in [5, 5.41) is 0. The molecule has 0 fully saturated rings. The van der Waals surface area contributed by atoms with Gasteiger partial charge in [-0.2, -0.15) is 0 Å². The molecule has 0 saturated carbocycles. The molecule has 0 saturated heterocycles. The van der Waals surface area contributed by atoms with Crippen LogP contribution in [-0.4, -0.2) is 0 Å². The van der Waals surface area contributed by atoms with E-state index in [0.717, 1.165) is 6.42 Å². The van der Waals surface area contributed by atoms with Gasteiger partial charge < -0.3 is 5.73 Å². The summed E-state index contributed by atoms with van der Waals surface area (Å²) in [5.74, 6) is 0. The Morgan fingerprint density at radius 3 is 2.11 bits per heavy atom. The second-order valence-electron chi connectivity index (χ2n) is 5.76. The molecular formula is C17H31NS. The SMILES string of the molecule is CCCCCCCCCCC(N)c1cc(C)c(C)s1. The lowest BCUT2D eigenvalue weighted by molar-refractivity contribution is 0.539. The van der Waals surface area contributed by atoms with Crippen LogP contribution in [0.1, 0.15) is 86.1 Å². The summed E-state index contributed by atoms with van der Waals surface area (Å²) in [7, 11) is 0. The fourth-order valence-electron chi connectivity index (χ4n) is 2.42. The Hall–Kier alpha value is -0.340. The van der Waals surface area contributed by atoms with Gasteiger partial charge in [0.1, 0.15) is 0 Å². The molecule has 1 heterocycles. The highest BCUT2D eigenvalue weighted by Gasteiger charge is 2.09. The summed E-state index contributed by atoms with van der Waals surface area (Å²) >= 11 is 1.87. The van der Waals surface area contributed by atoms with Crippen molar-refractivity contribution in [1.82, 2.24) is 0 Å². The van der Waals surface area contributed by atoms with E-state index in [0.29, 0.717) is 0 Å². The van der Waals surface area contributed by atoms with Gasteiger partial charge in [-0.05, 0) is 31.9 Å². The van der Waals surface area contributed by atoms with Crippen molar-refractivity contribution in [3.63, 3.8) is 0 Å². The topological polar surface area (TPSA) is 26.0 Å². The standard InChI is InChI=1S/C17H31NS/c1-4-5-6-7-8-9-10-11-12-16(18)17-13-14(2)15(3)19-17/h13,16H,4-12,18H2,1-3H3. The molecule has 0 aliphatic heterocycles. The molecule has 0 radical (unpaired) electrons. The molecule has 0 aliphatic carbocycles. The summed E-state index contributed by atoms with van der Waals surface area (Å²) < 4.78 is 0. The molecule has 0 bridgehead atoms. The predicted molar refractivity (Wildman–Crippen MR) is 87.9 cm³/mol. The fraction of sp³-hybridized carbons (Fsp3) is 0.765. The number of nitrogens with two attached hydrogens (primary N) is 1. The van der Waals surface area contributed by atoms with Gasteiger partial charge in [-0.1, -0.05) is 58.3 Å². The summed E-state index contributed by atoms with van der Waals surface area (Å²) in [5.41, 5.74) is 7.66. The van der Waals surface area contributed by atoms with Gasteiger partial charge in [-0.25, -0.2) is 0 Å². The smallest absolute Gasteiger partial charge is 0.0389 e. The van der Waals surface area contributed by atoms with E-state index in [9.17, 15) is 0 Å². The molecule has 1 aromatic rings. The molecule has 1 nitrogen and oxygen atoms in total. The Balaban J connectivity index is 2.06. The first-order valence-corrected chi connectivity index (χ1v) is 8.79. The first-order chi connectivity index (χ1) is 9.15. The van der Waals surface area contributed by atoms with Crippen molar-refractivity contribution >= 4 is 11.3 Å². The second-order valence-corrected chi connectivity index (χ2v) is 7.05. The van der Waals surface area contributed by atoms with E-state index in [-0.39, 0.29) is 6.04 Å². The van der Waals surface area contributed by atoms with E-state index in [1.54, 1.807) is 0 Å². The van der Waals surface area contributed by atoms with Crippen molar-refractivity contribution in [3.8, 4) is 0 Å². The molecule has 0 aliphatic rings. The quantitative estimate of drug-likeness (QED) is 0.531. The van der Waals surface area contributed by atoms with Crippen LogP contribution < -0.4 is 5.73 Å². The summed E-state index contributed by atoms with van der Waals surface area (Å²) in [6, 6.07) is 2.53. The zero-order valence-corrected chi connectivity index (χ0v) is 13.8. The maximum atomic E-state index is 6.27. The van der Waals surface area contributed by atoms with Crippen LogP contribution in [0, 0.1) is 13.8 Å². The van der Waals surface area contributed by atoms with Crippen molar-refractivity contribution in [3.05, 3.63) is 21.4 Å². The Morgan fingerprint density at radius 1 is 1.00 bits per heavy atom. The Morgan fingerprint density at radius 2 is 1.58 bits per heavy atom. The molecule has 110 valence electrons. The molecule has 19 heavy (non-hydrogen) atoms. The molecule has 1 unspecified atom stereocenters. The lowest BCUT2D eigenvalue weighted by Crippen LogP contribution is -2.08. The number of hydrogen-bond donors (Lipinski definition) is 1. The average molecular weight is 282 g/mol. The molecule has 2 N–H and O–H groups in total. The normalized spacial score (nSPS) is 12.8. The van der Waals surface area contributed by atoms with E-state index >= 15 is 0 Å². The molecule has 0 amide bonds. The van der Waals surface area contributed by atoms with E-state index in [1.165, 1.54) is 66.7 Å². The fourth-order valence-corrected chi connectivity index (χ4v) is 3.50. The van der Waals surface area contributed by atoms with Crippen molar-refractivity contribution in [1.29, 1.82) is 0 Å². The highest BCUT2D eigenvalue weighted by molar-refractivity contribution is 7.12. The van der Waals surface area contributed by atoms with Crippen LogP contribution >= 0.6 is 11.3 Å². The van der Waals surface area contributed by atoms with E-state index < -0.39 is 0 Å². The highest BCUT2D eigenvalue weighted by Crippen LogP contribution is 2.28. The largest absolute Gasteiger partial charge is 0.323 e. The lowest BCUT2D eigenvalue weighted by Gasteiger charge is -2.09. The van der Waals surface area contributed by atoms with Crippen LogP contribution in [0.4, 0.5) is 0 Å². The number of aryl methyl sites for hydroxylation is 2. The summed E-state index contributed by atoms with van der Waals surface area (Å²) in [6.45, 7) is 6.64. The zero-order valence-electron chi connectivity index (χ0n) is 13.0. The van der Waals surface area contributed by atoms with E-state index in [4.69, 9.17) is 5.73 Å². The molecule has 1 aromatic heterocycles. The van der Waals surface area contributed by atoms with Gasteiger partial charge in [-0.3, -0.25) is 0 Å². The Kier molecular flexibility index (Phi) is 8.40. The Bertz CT molecular complexity index is 324. The van der Waals surface area contributed by atoms with Crippen LogP contribution in [0.5, 0.6) is 0 Å².